The molecule has 0 aliphatic rings. The van der Waals surface area contributed by atoms with E-state index >= 15 is 0 Å². The normalized spacial score (nSPS) is 11.7. The van der Waals surface area contributed by atoms with Crippen LogP contribution in [0.5, 0.6) is 0 Å². The molecule has 0 aromatic heterocycles. The lowest BCUT2D eigenvalue weighted by Crippen LogP contribution is -2.05. The van der Waals surface area contributed by atoms with Gasteiger partial charge in [-0.3, -0.25) is 0 Å². The fraction of sp³-hybridized carbons (Fsp3) is 0.500. The number of hydrogen-bond donors (Lipinski definition) is 1. The molecule has 1 aromatic rings. The number of halogens is 1. The quantitative estimate of drug-likeness (QED) is 0.627. The molecule has 15 heavy (non-hydrogen) atoms. The Bertz CT molecular complexity index is 331. The Morgan fingerprint density at radius 1 is 1.33 bits per heavy atom. The van der Waals surface area contributed by atoms with Crippen LogP contribution in [0.1, 0.15) is 27.2 Å². The van der Waals surface area contributed by atoms with Gasteiger partial charge in [0.1, 0.15) is 0 Å². The number of anilines is 1. The van der Waals surface area contributed by atoms with Gasteiger partial charge in [-0.05, 0) is 35.8 Å². The van der Waals surface area contributed by atoms with Gasteiger partial charge in [0.15, 0.2) is 0 Å². The lowest BCUT2D eigenvalue weighted by molar-refractivity contribution is 0.401. The molecule has 0 bridgehead atoms. The van der Waals surface area contributed by atoms with Gasteiger partial charge < -0.3 is 5.73 Å². The van der Waals surface area contributed by atoms with Crippen molar-refractivity contribution in [3.63, 3.8) is 0 Å². The van der Waals surface area contributed by atoms with E-state index in [4.69, 9.17) is 17.3 Å². The Balaban J connectivity index is 2.54. The number of nitrogens with two attached hydrogens (primary N) is 1. The zero-order valence-corrected chi connectivity index (χ0v) is 11.1. The van der Waals surface area contributed by atoms with Crippen LogP contribution >= 0.6 is 23.4 Å². The standard InChI is InChI=1S/C12H18ClNS/c1-12(2,3)6-7-15-11-8-9(13)4-5-10(11)14/h4-5,8H,6-7,14H2,1-3H3. The first-order chi connectivity index (χ1) is 6.88. The van der Waals surface area contributed by atoms with Crippen molar-refractivity contribution in [1.29, 1.82) is 0 Å². The summed E-state index contributed by atoms with van der Waals surface area (Å²) in [7, 11) is 0. The molecule has 0 unspecified atom stereocenters. The van der Waals surface area contributed by atoms with Crippen molar-refractivity contribution < 1.29 is 0 Å². The summed E-state index contributed by atoms with van der Waals surface area (Å²) in [6.07, 6.45) is 1.17. The second kappa shape index (κ2) is 5.13. The fourth-order valence-corrected chi connectivity index (χ4v) is 2.72. The van der Waals surface area contributed by atoms with Crippen LogP contribution in [0.3, 0.4) is 0 Å². The van der Waals surface area contributed by atoms with Gasteiger partial charge in [0.25, 0.3) is 0 Å². The topological polar surface area (TPSA) is 26.0 Å². The van der Waals surface area contributed by atoms with Crippen LogP contribution in [0.4, 0.5) is 5.69 Å². The minimum Gasteiger partial charge on any atom is -0.398 e. The van der Waals surface area contributed by atoms with Gasteiger partial charge in [0.05, 0.1) is 0 Å². The monoisotopic (exact) mass is 243 g/mol. The average molecular weight is 244 g/mol. The molecule has 1 aromatic carbocycles. The molecular weight excluding hydrogens is 226 g/mol. The van der Waals surface area contributed by atoms with E-state index in [-0.39, 0.29) is 0 Å². The largest absolute Gasteiger partial charge is 0.398 e. The zero-order chi connectivity index (χ0) is 11.5. The number of thioether (sulfide) groups is 1. The summed E-state index contributed by atoms with van der Waals surface area (Å²) < 4.78 is 0. The van der Waals surface area contributed by atoms with Gasteiger partial charge in [0, 0.05) is 15.6 Å². The fourth-order valence-electron chi connectivity index (χ4n) is 1.10. The van der Waals surface area contributed by atoms with E-state index in [1.54, 1.807) is 11.8 Å². The van der Waals surface area contributed by atoms with Crippen LogP contribution in [0.15, 0.2) is 23.1 Å². The molecule has 0 amide bonds. The number of hydrogen-bond acceptors (Lipinski definition) is 2. The molecule has 0 saturated heterocycles. The van der Waals surface area contributed by atoms with E-state index in [1.807, 2.05) is 18.2 Å². The Kier molecular flexibility index (Phi) is 4.35. The van der Waals surface area contributed by atoms with Gasteiger partial charge in [0.2, 0.25) is 0 Å². The van der Waals surface area contributed by atoms with E-state index in [2.05, 4.69) is 20.8 Å². The number of nitrogen functional groups attached to an aromatic ring is 1. The highest BCUT2D eigenvalue weighted by Crippen LogP contribution is 2.31. The molecule has 84 valence electrons. The van der Waals surface area contributed by atoms with Crippen LogP contribution in [-0.4, -0.2) is 5.75 Å². The highest BCUT2D eigenvalue weighted by Gasteiger charge is 2.10. The SMILES string of the molecule is CC(C)(C)CCSc1cc(Cl)ccc1N. The van der Waals surface area contributed by atoms with Crippen LogP contribution < -0.4 is 5.73 Å². The second-order valence-electron chi connectivity index (χ2n) is 4.84. The Morgan fingerprint density at radius 3 is 2.60 bits per heavy atom. The molecule has 1 rings (SSSR count). The third-order valence-corrected chi connectivity index (χ3v) is 3.39. The highest BCUT2D eigenvalue weighted by molar-refractivity contribution is 7.99. The van der Waals surface area contributed by atoms with Gasteiger partial charge in [-0.15, -0.1) is 11.8 Å². The smallest absolute Gasteiger partial charge is 0.0453 e. The van der Waals surface area contributed by atoms with E-state index in [9.17, 15) is 0 Å². The van der Waals surface area contributed by atoms with E-state index in [0.717, 1.165) is 21.4 Å². The molecule has 1 nitrogen and oxygen atoms in total. The predicted octanol–water partition coefficient (Wildman–Crippen LogP) is 4.45. The Labute approximate surface area is 101 Å². The predicted molar refractivity (Wildman–Crippen MR) is 70.7 cm³/mol. The molecule has 0 atom stereocenters. The van der Waals surface area contributed by atoms with E-state index in [0.29, 0.717) is 5.41 Å². The summed E-state index contributed by atoms with van der Waals surface area (Å²) in [5.41, 5.74) is 7.05. The van der Waals surface area contributed by atoms with Crippen molar-refractivity contribution in [1.82, 2.24) is 0 Å². The third kappa shape index (κ3) is 4.80. The van der Waals surface area contributed by atoms with Crippen LogP contribution in [0.2, 0.25) is 5.02 Å². The maximum absolute atomic E-state index is 5.92. The lowest BCUT2D eigenvalue weighted by atomic mass is 9.94. The Hall–Kier alpha value is -0.340. The summed E-state index contributed by atoms with van der Waals surface area (Å²) in [6, 6.07) is 5.62. The first-order valence-corrected chi connectivity index (χ1v) is 6.43. The molecule has 3 heteroatoms. The minimum atomic E-state index is 0.375. The van der Waals surface area contributed by atoms with Gasteiger partial charge >= 0.3 is 0 Å². The zero-order valence-electron chi connectivity index (χ0n) is 9.51. The molecule has 0 saturated carbocycles. The first-order valence-electron chi connectivity index (χ1n) is 5.06. The first kappa shape index (κ1) is 12.7. The molecule has 0 aliphatic carbocycles. The highest BCUT2D eigenvalue weighted by atomic mass is 35.5. The second-order valence-corrected chi connectivity index (χ2v) is 6.41. The van der Waals surface area contributed by atoms with Crippen molar-refractivity contribution in [2.75, 3.05) is 11.5 Å². The summed E-state index contributed by atoms with van der Waals surface area (Å²) in [4.78, 5) is 1.09. The summed E-state index contributed by atoms with van der Waals surface area (Å²) in [6.45, 7) is 6.73. The average Bonchev–Trinajstić information content (AvgIpc) is 2.09. The maximum Gasteiger partial charge on any atom is 0.0453 e. The molecule has 0 radical (unpaired) electrons. The molecule has 2 N–H and O–H groups in total. The van der Waals surface area contributed by atoms with Crippen molar-refractivity contribution in [3.8, 4) is 0 Å². The molecule has 0 aliphatic heterocycles. The molecule has 0 fully saturated rings. The van der Waals surface area contributed by atoms with Crippen molar-refractivity contribution >= 4 is 29.1 Å². The van der Waals surface area contributed by atoms with E-state index < -0.39 is 0 Å². The maximum atomic E-state index is 5.92. The molecule has 0 heterocycles. The number of benzene rings is 1. The lowest BCUT2D eigenvalue weighted by Gasteiger charge is -2.17. The number of rotatable bonds is 3. The van der Waals surface area contributed by atoms with Crippen molar-refractivity contribution in [3.05, 3.63) is 23.2 Å². The third-order valence-electron chi connectivity index (χ3n) is 2.09. The van der Waals surface area contributed by atoms with Crippen LogP contribution in [0.25, 0.3) is 0 Å². The summed E-state index contributed by atoms with van der Waals surface area (Å²) in [5.74, 6) is 1.08. The van der Waals surface area contributed by atoms with Gasteiger partial charge in [-0.1, -0.05) is 32.4 Å². The van der Waals surface area contributed by atoms with Crippen LogP contribution in [0, 0.1) is 5.41 Å². The van der Waals surface area contributed by atoms with Crippen molar-refractivity contribution in [2.24, 2.45) is 5.41 Å². The van der Waals surface area contributed by atoms with E-state index in [1.165, 1.54) is 6.42 Å². The molecular formula is C12H18ClNS. The summed E-state index contributed by atoms with van der Waals surface area (Å²) in [5, 5.41) is 0.752. The van der Waals surface area contributed by atoms with Crippen LogP contribution in [-0.2, 0) is 0 Å². The minimum absolute atomic E-state index is 0.375. The van der Waals surface area contributed by atoms with Crippen molar-refractivity contribution in [2.45, 2.75) is 32.1 Å². The van der Waals surface area contributed by atoms with Gasteiger partial charge in [-0.2, -0.15) is 0 Å². The Morgan fingerprint density at radius 2 is 2.00 bits per heavy atom. The molecule has 0 spiro atoms. The summed E-state index contributed by atoms with van der Waals surface area (Å²) >= 11 is 7.70. The van der Waals surface area contributed by atoms with Gasteiger partial charge in [-0.25, -0.2) is 0 Å².